The molecule has 0 aliphatic rings. The van der Waals surface area contributed by atoms with Gasteiger partial charge in [-0.15, -0.1) is 0 Å². The van der Waals surface area contributed by atoms with Gasteiger partial charge >= 0.3 is 0 Å². The van der Waals surface area contributed by atoms with Crippen LogP contribution in [0.5, 0.6) is 0 Å². The van der Waals surface area contributed by atoms with E-state index in [-0.39, 0.29) is 11.9 Å². The second kappa shape index (κ2) is 6.39. The van der Waals surface area contributed by atoms with Crippen LogP contribution in [0.25, 0.3) is 11.5 Å². The van der Waals surface area contributed by atoms with Crippen LogP contribution in [0, 0.1) is 6.92 Å². The predicted molar refractivity (Wildman–Crippen MR) is 84.6 cm³/mol. The molecule has 6 nitrogen and oxygen atoms in total. The Hall–Kier alpha value is -3.02. The van der Waals surface area contributed by atoms with Crippen LogP contribution >= 0.6 is 0 Å². The zero-order valence-corrected chi connectivity index (χ0v) is 12.9. The molecule has 1 atom stereocenters. The van der Waals surface area contributed by atoms with Gasteiger partial charge in [0.25, 0.3) is 11.8 Å². The van der Waals surface area contributed by atoms with Crippen molar-refractivity contribution in [1.82, 2.24) is 20.4 Å². The van der Waals surface area contributed by atoms with Crippen LogP contribution < -0.4 is 5.32 Å². The fourth-order valence-electron chi connectivity index (χ4n) is 2.19. The first-order valence-electron chi connectivity index (χ1n) is 7.25. The summed E-state index contributed by atoms with van der Waals surface area (Å²) in [7, 11) is 0. The van der Waals surface area contributed by atoms with Crippen molar-refractivity contribution in [1.29, 1.82) is 0 Å². The van der Waals surface area contributed by atoms with E-state index in [0.29, 0.717) is 17.3 Å². The molecule has 3 aromatic rings. The first kappa shape index (κ1) is 14.9. The summed E-state index contributed by atoms with van der Waals surface area (Å²) in [6.07, 6.45) is 3.42. The van der Waals surface area contributed by atoms with Gasteiger partial charge in [0.05, 0.1) is 6.04 Å². The molecule has 2 aromatic heterocycles. The molecule has 1 unspecified atom stereocenters. The van der Waals surface area contributed by atoms with E-state index in [1.54, 1.807) is 43.6 Å². The number of carbonyl (C=O) groups excluding carboxylic acids is 1. The number of carbonyl (C=O) groups is 1. The number of nitrogens with one attached hydrogen (secondary N) is 1. The summed E-state index contributed by atoms with van der Waals surface area (Å²) in [5.41, 5.74) is 2.36. The van der Waals surface area contributed by atoms with Crippen LogP contribution in [0.15, 0.2) is 53.3 Å². The highest BCUT2D eigenvalue weighted by atomic mass is 16.5. The topological polar surface area (TPSA) is 80.9 Å². The van der Waals surface area contributed by atoms with E-state index < -0.39 is 0 Å². The zero-order valence-electron chi connectivity index (χ0n) is 12.9. The summed E-state index contributed by atoms with van der Waals surface area (Å²) in [4.78, 5) is 20.4. The van der Waals surface area contributed by atoms with Crippen LogP contribution in [0.4, 0.5) is 0 Å². The molecule has 2 heterocycles. The van der Waals surface area contributed by atoms with Gasteiger partial charge in [-0.2, -0.15) is 4.98 Å². The highest BCUT2D eigenvalue weighted by molar-refractivity contribution is 5.94. The molecule has 1 N–H and O–H groups in total. The largest absolute Gasteiger partial charge is 0.346 e. The number of hydrogen-bond donors (Lipinski definition) is 1. The summed E-state index contributed by atoms with van der Waals surface area (Å²) in [5.74, 6) is 0.884. The molecule has 0 saturated carbocycles. The normalized spacial score (nSPS) is 11.9. The maximum absolute atomic E-state index is 12.3. The molecule has 0 saturated heterocycles. The van der Waals surface area contributed by atoms with Gasteiger partial charge < -0.3 is 9.84 Å². The molecule has 1 aromatic carbocycles. The lowest BCUT2D eigenvalue weighted by Crippen LogP contribution is -2.26. The van der Waals surface area contributed by atoms with Crippen LogP contribution in [-0.4, -0.2) is 21.0 Å². The number of nitrogens with zero attached hydrogens (tertiary/aromatic N) is 3. The van der Waals surface area contributed by atoms with Crippen LogP contribution in [-0.2, 0) is 0 Å². The van der Waals surface area contributed by atoms with E-state index >= 15 is 0 Å². The minimum absolute atomic E-state index is 0.0937. The quantitative estimate of drug-likeness (QED) is 0.801. The number of aromatic nitrogens is 3. The van der Waals surface area contributed by atoms with Crippen molar-refractivity contribution in [3.05, 3.63) is 65.7 Å². The monoisotopic (exact) mass is 308 g/mol. The summed E-state index contributed by atoms with van der Waals surface area (Å²) in [5, 5.41) is 6.71. The van der Waals surface area contributed by atoms with Crippen molar-refractivity contribution in [2.24, 2.45) is 0 Å². The third kappa shape index (κ3) is 3.42. The van der Waals surface area contributed by atoms with E-state index in [9.17, 15) is 4.79 Å². The van der Waals surface area contributed by atoms with Gasteiger partial charge in [-0.1, -0.05) is 5.16 Å². The Morgan fingerprint density at radius 2 is 1.83 bits per heavy atom. The summed E-state index contributed by atoms with van der Waals surface area (Å²) >= 11 is 0. The van der Waals surface area contributed by atoms with Gasteiger partial charge in [-0.05, 0) is 55.8 Å². The average molecular weight is 308 g/mol. The molecule has 0 aliphatic carbocycles. The molecule has 0 aliphatic heterocycles. The Bertz CT molecular complexity index is 797. The lowest BCUT2D eigenvalue weighted by Gasteiger charge is -2.14. The second-order valence-corrected chi connectivity index (χ2v) is 5.20. The molecule has 0 bridgehead atoms. The summed E-state index contributed by atoms with van der Waals surface area (Å²) < 4.78 is 5.11. The van der Waals surface area contributed by atoms with E-state index in [1.807, 2.05) is 19.1 Å². The Morgan fingerprint density at radius 1 is 1.13 bits per heavy atom. The van der Waals surface area contributed by atoms with Crippen molar-refractivity contribution >= 4 is 5.91 Å². The molecular weight excluding hydrogens is 292 g/mol. The Morgan fingerprint density at radius 3 is 2.43 bits per heavy atom. The molecule has 0 fully saturated rings. The van der Waals surface area contributed by atoms with Crippen LogP contribution in [0.1, 0.15) is 34.7 Å². The minimum atomic E-state index is -0.137. The number of aryl methyl sites for hydroxylation is 1. The van der Waals surface area contributed by atoms with Crippen molar-refractivity contribution in [2.75, 3.05) is 0 Å². The van der Waals surface area contributed by atoms with Crippen molar-refractivity contribution in [3.63, 3.8) is 0 Å². The van der Waals surface area contributed by atoms with Gasteiger partial charge in [0, 0.05) is 23.5 Å². The fraction of sp³-hybridized carbons (Fsp3) is 0.176. The first-order chi connectivity index (χ1) is 11.1. The maximum Gasteiger partial charge on any atom is 0.257 e. The van der Waals surface area contributed by atoms with Gasteiger partial charge in [0.15, 0.2) is 5.82 Å². The van der Waals surface area contributed by atoms with E-state index in [1.165, 1.54) is 0 Å². The third-order valence-corrected chi connectivity index (χ3v) is 3.48. The van der Waals surface area contributed by atoms with Gasteiger partial charge in [0.1, 0.15) is 0 Å². The highest BCUT2D eigenvalue weighted by Gasteiger charge is 2.12. The molecule has 3 rings (SSSR count). The summed E-state index contributed by atoms with van der Waals surface area (Å²) in [6.45, 7) is 3.69. The Balaban J connectivity index is 1.70. The smallest absolute Gasteiger partial charge is 0.257 e. The number of hydrogen-bond acceptors (Lipinski definition) is 5. The predicted octanol–water partition coefficient (Wildman–Crippen LogP) is 2.93. The number of amides is 1. The van der Waals surface area contributed by atoms with Gasteiger partial charge in [-0.25, -0.2) is 0 Å². The zero-order chi connectivity index (χ0) is 16.2. The lowest BCUT2D eigenvalue weighted by atomic mass is 10.1. The van der Waals surface area contributed by atoms with Gasteiger partial charge in [0.2, 0.25) is 0 Å². The molecule has 116 valence electrons. The fourth-order valence-corrected chi connectivity index (χ4v) is 2.19. The first-order valence-corrected chi connectivity index (χ1v) is 7.25. The second-order valence-electron chi connectivity index (χ2n) is 5.20. The van der Waals surface area contributed by atoms with Crippen LogP contribution in [0.3, 0.4) is 0 Å². The summed E-state index contributed by atoms with van der Waals surface area (Å²) in [6, 6.07) is 10.7. The van der Waals surface area contributed by atoms with Crippen molar-refractivity contribution in [3.8, 4) is 11.5 Å². The number of rotatable bonds is 4. The molecule has 0 radical (unpaired) electrons. The molecular formula is C17H16N4O2. The van der Waals surface area contributed by atoms with Crippen LogP contribution in [0.2, 0.25) is 0 Å². The third-order valence-electron chi connectivity index (χ3n) is 3.48. The highest BCUT2D eigenvalue weighted by Crippen LogP contribution is 2.18. The van der Waals surface area contributed by atoms with E-state index in [0.717, 1.165) is 11.1 Å². The average Bonchev–Trinajstić information content (AvgIpc) is 3.02. The lowest BCUT2D eigenvalue weighted by molar-refractivity contribution is 0.0940. The Kier molecular flexibility index (Phi) is 4.14. The molecule has 0 spiro atoms. The molecule has 6 heteroatoms. The Labute approximate surface area is 133 Å². The molecule has 23 heavy (non-hydrogen) atoms. The van der Waals surface area contributed by atoms with E-state index in [2.05, 4.69) is 20.4 Å². The van der Waals surface area contributed by atoms with Crippen molar-refractivity contribution in [2.45, 2.75) is 19.9 Å². The van der Waals surface area contributed by atoms with Crippen molar-refractivity contribution < 1.29 is 9.32 Å². The number of benzene rings is 1. The maximum atomic E-state index is 12.3. The number of pyridine rings is 1. The van der Waals surface area contributed by atoms with Gasteiger partial charge in [-0.3, -0.25) is 9.78 Å². The standard InChI is InChI=1S/C17H16N4O2/c1-11(13-7-9-18-10-8-13)19-16(22)14-3-5-15(6-4-14)17-20-12(2)21-23-17/h3-11H,1-2H3,(H,19,22). The van der Waals surface area contributed by atoms with E-state index in [4.69, 9.17) is 4.52 Å². The SMILES string of the molecule is Cc1noc(-c2ccc(C(=O)NC(C)c3ccncc3)cc2)n1. The molecule has 1 amide bonds. The minimum Gasteiger partial charge on any atom is -0.346 e.